The Balaban J connectivity index is 2.35. The second kappa shape index (κ2) is 3.23. The van der Waals surface area contributed by atoms with Crippen LogP contribution in [0.5, 0.6) is 0 Å². The molecule has 0 atom stereocenters. The molecule has 0 amide bonds. The van der Waals surface area contributed by atoms with E-state index >= 15 is 0 Å². The first-order valence-electron chi connectivity index (χ1n) is 4.24. The van der Waals surface area contributed by atoms with Crippen molar-refractivity contribution < 1.29 is 15.0 Å². The summed E-state index contributed by atoms with van der Waals surface area (Å²) in [5.41, 5.74) is 2.51. The normalized spacial score (nSPS) is 13.6. The van der Waals surface area contributed by atoms with E-state index in [1.54, 1.807) is 18.2 Å². The predicted octanol–water partition coefficient (Wildman–Crippen LogP) is 0.892. The third-order valence-corrected chi connectivity index (χ3v) is 2.19. The topological polar surface area (TPSA) is 69.9 Å². The van der Waals surface area contributed by atoms with Crippen LogP contribution in [0.15, 0.2) is 23.2 Å². The largest absolute Gasteiger partial charge is 0.477 e. The number of rotatable bonds is 2. The van der Waals surface area contributed by atoms with E-state index in [0.29, 0.717) is 12.1 Å². The first kappa shape index (κ1) is 8.90. The number of carbonyl (C=O) groups is 1. The summed E-state index contributed by atoms with van der Waals surface area (Å²) in [7, 11) is 0. The molecule has 1 aliphatic rings. The lowest BCUT2D eigenvalue weighted by atomic mass is 10.1. The van der Waals surface area contributed by atoms with Crippen molar-refractivity contribution in [1.29, 1.82) is 0 Å². The minimum Gasteiger partial charge on any atom is -0.477 e. The Bertz CT molecular complexity index is 423. The van der Waals surface area contributed by atoms with E-state index < -0.39 is 5.97 Å². The summed E-state index contributed by atoms with van der Waals surface area (Å²) in [4.78, 5) is 14.6. The van der Waals surface area contributed by atoms with E-state index in [9.17, 15) is 4.79 Å². The van der Waals surface area contributed by atoms with Crippen LogP contribution in [-0.4, -0.2) is 21.9 Å². The molecule has 0 radical (unpaired) electrons. The van der Waals surface area contributed by atoms with E-state index in [1.807, 2.05) is 0 Å². The van der Waals surface area contributed by atoms with Crippen LogP contribution in [0.25, 0.3) is 0 Å². The van der Waals surface area contributed by atoms with Gasteiger partial charge in [-0.15, -0.1) is 0 Å². The number of benzene rings is 1. The fraction of sp³-hybridized carbons (Fsp3) is 0.200. The molecule has 4 heteroatoms. The molecule has 4 nitrogen and oxygen atoms in total. The van der Waals surface area contributed by atoms with Crippen molar-refractivity contribution in [1.82, 2.24) is 0 Å². The molecule has 0 fully saturated rings. The minimum absolute atomic E-state index is 0.0321. The van der Waals surface area contributed by atoms with Crippen LogP contribution >= 0.6 is 0 Å². The number of carboxylic acid groups (broad SMARTS) is 1. The smallest absolute Gasteiger partial charge is 0.350 e. The Hall–Kier alpha value is -1.68. The SMILES string of the molecule is O=C(O)C1=Nc2ccc(CO)cc2C1. The maximum atomic E-state index is 10.6. The number of aliphatic carboxylic acids is 1. The van der Waals surface area contributed by atoms with Gasteiger partial charge in [0, 0.05) is 6.42 Å². The highest BCUT2D eigenvalue weighted by Gasteiger charge is 2.19. The lowest BCUT2D eigenvalue weighted by molar-refractivity contribution is -0.129. The molecule has 72 valence electrons. The third kappa shape index (κ3) is 1.40. The summed E-state index contributed by atoms with van der Waals surface area (Å²) in [6.45, 7) is -0.0321. The lowest BCUT2D eigenvalue weighted by Gasteiger charge is -1.99. The van der Waals surface area contributed by atoms with Gasteiger partial charge in [-0.3, -0.25) is 0 Å². The standard InChI is InChI=1S/C10H9NO3/c12-5-6-1-2-8-7(3-6)4-9(11-8)10(13)14/h1-3,12H,4-5H2,(H,13,14). The van der Waals surface area contributed by atoms with Crippen LogP contribution < -0.4 is 0 Å². The number of aliphatic hydroxyl groups excluding tert-OH is 1. The van der Waals surface area contributed by atoms with Gasteiger partial charge in [-0.25, -0.2) is 9.79 Å². The number of hydrogen-bond donors (Lipinski definition) is 2. The monoisotopic (exact) mass is 191 g/mol. The molecular weight excluding hydrogens is 182 g/mol. The van der Waals surface area contributed by atoms with Gasteiger partial charge in [0.1, 0.15) is 5.71 Å². The highest BCUT2D eigenvalue weighted by Crippen LogP contribution is 2.27. The van der Waals surface area contributed by atoms with E-state index in [2.05, 4.69) is 4.99 Å². The van der Waals surface area contributed by atoms with Crippen molar-refractivity contribution >= 4 is 17.4 Å². The average molecular weight is 191 g/mol. The Kier molecular flexibility index (Phi) is 2.05. The summed E-state index contributed by atoms with van der Waals surface area (Å²) < 4.78 is 0. The molecule has 0 aliphatic carbocycles. The summed E-state index contributed by atoms with van der Waals surface area (Å²) in [5, 5.41) is 17.6. The van der Waals surface area contributed by atoms with Gasteiger partial charge in [0.05, 0.1) is 12.3 Å². The second-order valence-corrected chi connectivity index (χ2v) is 3.16. The van der Waals surface area contributed by atoms with Crippen LogP contribution in [0.4, 0.5) is 5.69 Å². The van der Waals surface area contributed by atoms with Gasteiger partial charge in [-0.2, -0.15) is 0 Å². The highest BCUT2D eigenvalue weighted by atomic mass is 16.4. The molecule has 1 aromatic carbocycles. The highest BCUT2D eigenvalue weighted by molar-refractivity contribution is 6.37. The maximum Gasteiger partial charge on any atom is 0.350 e. The van der Waals surface area contributed by atoms with Gasteiger partial charge < -0.3 is 10.2 Å². The van der Waals surface area contributed by atoms with Crippen LogP contribution in [0.2, 0.25) is 0 Å². The molecule has 0 saturated heterocycles. The number of carboxylic acids is 1. The summed E-state index contributed by atoms with van der Waals surface area (Å²) >= 11 is 0. The average Bonchev–Trinajstić information content (AvgIpc) is 2.59. The fourth-order valence-corrected chi connectivity index (χ4v) is 1.48. The Morgan fingerprint density at radius 3 is 2.93 bits per heavy atom. The van der Waals surface area contributed by atoms with Crippen molar-refractivity contribution in [3.63, 3.8) is 0 Å². The number of aliphatic imine (C=N–C) groups is 1. The Morgan fingerprint density at radius 1 is 1.50 bits per heavy atom. The van der Waals surface area contributed by atoms with E-state index in [-0.39, 0.29) is 12.3 Å². The van der Waals surface area contributed by atoms with Crippen LogP contribution in [0.3, 0.4) is 0 Å². The van der Waals surface area contributed by atoms with Gasteiger partial charge in [-0.1, -0.05) is 12.1 Å². The minimum atomic E-state index is -0.980. The predicted molar refractivity (Wildman–Crippen MR) is 50.8 cm³/mol. The first-order chi connectivity index (χ1) is 6.70. The van der Waals surface area contributed by atoms with E-state index in [0.717, 1.165) is 11.1 Å². The summed E-state index contributed by atoms with van der Waals surface area (Å²) in [6.07, 6.45) is 0.346. The molecule has 1 aliphatic heterocycles. The molecule has 1 heterocycles. The van der Waals surface area contributed by atoms with E-state index in [4.69, 9.17) is 10.2 Å². The van der Waals surface area contributed by atoms with E-state index in [1.165, 1.54) is 0 Å². The molecule has 0 saturated carbocycles. The molecule has 0 spiro atoms. The van der Waals surface area contributed by atoms with Crippen LogP contribution in [0.1, 0.15) is 11.1 Å². The van der Waals surface area contributed by atoms with Gasteiger partial charge in [-0.05, 0) is 17.2 Å². The molecular formula is C10H9NO3. The third-order valence-electron chi connectivity index (χ3n) is 2.19. The quantitative estimate of drug-likeness (QED) is 0.729. The van der Waals surface area contributed by atoms with Crippen molar-refractivity contribution in [2.75, 3.05) is 0 Å². The number of nitrogens with zero attached hydrogens (tertiary/aromatic N) is 1. The summed E-state index contributed by atoms with van der Waals surface area (Å²) in [6, 6.07) is 5.26. The van der Waals surface area contributed by atoms with Crippen LogP contribution in [-0.2, 0) is 17.8 Å². The van der Waals surface area contributed by atoms with Crippen molar-refractivity contribution in [3.05, 3.63) is 29.3 Å². The molecule has 2 rings (SSSR count). The van der Waals surface area contributed by atoms with Crippen molar-refractivity contribution in [3.8, 4) is 0 Å². The molecule has 0 unspecified atom stereocenters. The van der Waals surface area contributed by atoms with Gasteiger partial charge in [0.2, 0.25) is 0 Å². The fourth-order valence-electron chi connectivity index (χ4n) is 1.48. The van der Waals surface area contributed by atoms with Gasteiger partial charge in [0.25, 0.3) is 0 Å². The lowest BCUT2D eigenvalue weighted by Crippen LogP contribution is -2.11. The number of hydrogen-bond acceptors (Lipinski definition) is 3. The van der Waals surface area contributed by atoms with Gasteiger partial charge >= 0.3 is 5.97 Å². The molecule has 2 N–H and O–H groups in total. The second-order valence-electron chi connectivity index (χ2n) is 3.16. The molecule has 14 heavy (non-hydrogen) atoms. The van der Waals surface area contributed by atoms with Crippen molar-refractivity contribution in [2.24, 2.45) is 4.99 Å². The molecule has 0 aromatic heterocycles. The number of aliphatic hydroxyl groups is 1. The van der Waals surface area contributed by atoms with Crippen LogP contribution in [0, 0.1) is 0 Å². The zero-order chi connectivity index (χ0) is 10.1. The Morgan fingerprint density at radius 2 is 2.29 bits per heavy atom. The molecule has 0 bridgehead atoms. The van der Waals surface area contributed by atoms with Crippen molar-refractivity contribution in [2.45, 2.75) is 13.0 Å². The zero-order valence-electron chi connectivity index (χ0n) is 7.40. The Labute approximate surface area is 80.5 Å². The zero-order valence-corrected chi connectivity index (χ0v) is 7.40. The first-order valence-corrected chi connectivity index (χ1v) is 4.24. The van der Waals surface area contributed by atoms with Gasteiger partial charge in [0.15, 0.2) is 0 Å². The maximum absolute atomic E-state index is 10.6. The summed E-state index contributed by atoms with van der Waals surface area (Å²) in [5.74, 6) is -0.980. The molecule has 1 aromatic rings. The number of fused-ring (bicyclic) bond motifs is 1.